The maximum absolute atomic E-state index is 14.5. The molecule has 0 atom stereocenters. The summed E-state index contributed by atoms with van der Waals surface area (Å²) in [6.07, 6.45) is 1.79. The molecular weight excluding hydrogens is 334 g/mol. The molecule has 0 saturated heterocycles. The first-order valence-electron chi connectivity index (χ1n) is 5.76. The zero-order chi connectivity index (χ0) is 14.3. The summed E-state index contributed by atoms with van der Waals surface area (Å²) in [6.45, 7) is 0. The Hall–Kier alpha value is -1.90. The second kappa shape index (κ2) is 4.58. The molecule has 3 rings (SSSR count). The molecule has 0 aromatic carbocycles. The second-order valence-corrected chi connectivity index (χ2v) is 5.23. The van der Waals surface area contributed by atoms with Crippen molar-refractivity contribution in [2.45, 2.75) is 18.8 Å². The largest absolute Gasteiger partial charge is 0.386 e. The van der Waals surface area contributed by atoms with Crippen LogP contribution in [-0.4, -0.2) is 26.1 Å². The molecule has 2 aromatic heterocycles. The van der Waals surface area contributed by atoms with Gasteiger partial charge in [-0.05, 0) is 28.1 Å². The van der Waals surface area contributed by atoms with E-state index in [-0.39, 0.29) is 24.4 Å². The molecule has 0 bridgehead atoms. The van der Waals surface area contributed by atoms with E-state index in [0.717, 1.165) is 0 Å². The molecule has 0 unspecified atom stereocenters. The van der Waals surface area contributed by atoms with Crippen molar-refractivity contribution in [3.05, 3.63) is 28.6 Å². The number of aromatic nitrogens is 3. The molecule has 0 fully saturated rings. The Morgan fingerprint density at radius 3 is 2.70 bits per heavy atom. The van der Waals surface area contributed by atoms with Crippen molar-refractivity contribution in [2.75, 3.05) is 0 Å². The van der Waals surface area contributed by atoms with Crippen LogP contribution < -0.4 is 5.73 Å². The van der Waals surface area contributed by atoms with Gasteiger partial charge < -0.3 is 5.73 Å². The molecule has 1 aliphatic rings. The molecule has 6 nitrogen and oxygen atoms in total. The third-order valence-electron chi connectivity index (χ3n) is 2.93. The normalized spacial score (nSPS) is 16.1. The van der Waals surface area contributed by atoms with E-state index < -0.39 is 11.7 Å². The molecule has 1 aliphatic heterocycles. The van der Waals surface area contributed by atoms with E-state index in [1.165, 1.54) is 10.6 Å². The van der Waals surface area contributed by atoms with Gasteiger partial charge in [0.15, 0.2) is 5.65 Å². The molecule has 20 heavy (non-hydrogen) atoms. The number of alkyl halides is 2. The van der Waals surface area contributed by atoms with Crippen molar-refractivity contribution in [3.63, 3.8) is 0 Å². The standard InChI is InChI=1S/C11H9BrF2N6/c12-6-1-4-9-18-19-10(20(9)5-6)11(13,14)7-2-3-8(15)17-16-7/h1,4-5H,2-3H2,(H2,15,17). The summed E-state index contributed by atoms with van der Waals surface area (Å²) in [6, 6.07) is 3.30. The predicted octanol–water partition coefficient (Wildman–Crippen LogP) is 2.09. The molecule has 0 saturated carbocycles. The van der Waals surface area contributed by atoms with Gasteiger partial charge in [-0.3, -0.25) is 4.40 Å². The smallest absolute Gasteiger partial charge is 0.346 e. The number of nitrogens with two attached hydrogens (primary N) is 1. The molecule has 0 radical (unpaired) electrons. The summed E-state index contributed by atoms with van der Waals surface area (Å²) < 4.78 is 30.8. The first kappa shape index (κ1) is 13.1. The molecule has 2 aromatic rings. The van der Waals surface area contributed by atoms with E-state index in [1.807, 2.05) is 0 Å². The van der Waals surface area contributed by atoms with E-state index in [4.69, 9.17) is 5.73 Å². The van der Waals surface area contributed by atoms with Crippen molar-refractivity contribution in [3.8, 4) is 0 Å². The summed E-state index contributed by atoms with van der Waals surface area (Å²) in [7, 11) is 0. The Morgan fingerprint density at radius 2 is 2.00 bits per heavy atom. The first-order valence-corrected chi connectivity index (χ1v) is 6.55. The highest BCUT2D eigenvalue weighted by Crippen LogP contribution is 2.32. The number of fused-ring (bicyclic) bond motifs is 1. The molecule has 0 amide bonds. The third-order valence-corrected chi connectivity index (χ3v) is 3.40. The molecule has 0 aliphatic carbocycles. The van der Waals surface area contributed by atoms with E-state index in [2.05, 4.69) is 36.3 Å². The van der Waals surface area contributed by atoms with Gasteiger partial charge in [0.25, 0.3) is 0 Å². The van der Waals surface area contributed by atoms with Crippen molar-refractivity contribution < 1.29 is 8.78 Å². The van der Waals surface area contributed by atoms with Gasteiger partial charge in [-0.2, -0.15) is 13.9 Å². The average Bonchev–Trinajstić information content (AvgIpc) is 2.82. The Bertz CT molecular complexity index is 736. The molecule has 104 valence electrons. The predicted molar refractivity (Wildman–Crippen MR) is 72.9 cm³/mol. The Labute approximate surface area is 120 Å². The van der Waals surface area contributed by atoms with E-state index in [9.17, 15) is 8.78 Å². The van der Waals surface area contributed by atoms with Gasteiger partial charge in [0.1, 0.15) is 11.5 Å². The lowest BCUT2D eigenvalue weighted by Crippen LogP contribution is -2.31. The van der Waals surface area contributed by atoms with Crippen molar-refractivity contribution in [1.82, 2.24) is 14.6 Å². The van der Waals surface area contributed by atoms with Crippen LogP contribution in [0.2, 0.25) is 0 Å². The summed E-state index contributed by atoms with van der Waals surface area (Å²) in [5.41, 5.74) is 5.40. The van der Waals surface area contributed by atoms with Crippen LogP contribution in [0.15, 0.2) is 33.0 Å². The van der Waals surface area contributed by atoms with Crippen molar-refractivity contribution >= 4 is 33.1 Å². The van der Waals surface area contributed by atoms with Crippen LogP contribution in [-0.2, 0) is 5.92 Å². The fraction of sp³-hybridized carbons (Fsp3) is 0.273. The van der Waals surface area contributed by atoms with Crippen LogP contribution in [0.4, 0.5) is 8.78 Å². The summed E-state index contributed by atoms with van der Waals surface area (Å²) >= 11 is 3.23. The highest BCUT2D eigenvalue weighted by atomic mass is 79.9. The maximum atomic E-state index is 14.5. The fourth-order valence-corrected chi connectivity index (χ4v) is 2.24. The summed E-state index contributed by atoms with van der Waals surface area (Å²) in [5, 5.41) is 14.3. The number of nitrogens with zero attached hydrogens (tertiary/aromatic N) is 5. The number of halogens is 3. The Kier molecular flexibility index (Phi) is 3.00. The maximum Gasteiger partial charge on any atom is 0.346 e. The lowest BCUT2D eigenvalue weighted by molar-refractivity contribution is 0.0615. The van der Waals surface area contributed by atoms with Crippen molar-refractivity contribution in [2.24, 2.45) is 15.9 Å². The SMILES string of the molecule is NC1=NN=C(C(F)(F)c2nnc3ccc(Br)cn23)CC1. The van der Waals surface area contributed by atoms with Crippen molar-refractivity contribution in [1.29, 1.82) is 0 Å². The highest BCUT2D eigenvalue weighted by Gasteiger charge is 2.43. The van der Waals surface area contributed by atoms with Gasteiger partial charge >= 0.3 is 5.92 Å². The fourth-order valence-electron chi connectivity index (χ4n) is 1.90. The third kappa shape index (κ3) is 2.07. The van der Waals surface area contributed by atoms with Crippen LogP contribution in [0.5, 0.6) is 0 Å². The van der Waals surface area contributed by atoms with Gasteiger partial charge in [0.2, 0.25) is 5.82 Å². The van der Waals surface area contributed by atoms with Gasteiger partial charge in [-0.1, -0.05) is 0 Å². The second-order valence-electron chi connectivity index (χ2n) is 4.31. The lowest BCUT2D eigenvalue weighted by Gasteiger charge is -2.18. The zero-order valence-electron chi connectivity index (χ0n) is 10.1. The van der Waals surface area contributed by atoms with Crippen LogP contribution in [0.3, 0.4) is 0 Å². The molecule has 0 spiro atoms. The van der Waals surface area contributed by atoms with Crippen LogP contribution in [0.1, 0.15) is 18.7 Å². The number of hydrogen-bond acceptors (Lipinski definition) is 5. The van der Waals surface area contributed by atoms with Gasteiger partial charge in [-0.15, -0.1) is 15.3 Å². The molecular formula is C11H9BrF2N6. The molecule has 3 heterocycles. The summed E-state index contributed by atoms with van der Waals surface area (Å²) in [4.78, 5) is 0. The number of pyridine rings is 1. The topological polar surface area (TPSA) is 80.9 Å². The van der Waals surface area contributed by atoms with Crippen LogP contribution >= 0.6 is 15.9 Å². The minimum Gasteiger partial charge on any atom is -0.386 e. The number of amidine groups is 1. The highest BCUT2D eigenvalue weighted by molar-refractivity contribution is 9.10. The zero-order valence-corrected chi connectivity index (χ0v) is 11.7. The lowest BCUT2D eigenvalue weighted by atomic mass is 10.1. The monoisotopic (exact) mass is 342 g/mol. The van der Waals surface area contributed by atoms with E-state index in [0.29, 0.717) is 10.1 Å². The summed E-state index contributed by atoms with van der Waals surface area (Å²) in [5.74, 6) is -3.58. The van der Waals surface area contributed by atoms with Crippen LogP contribution in [0, 0.1) is 0 Å². The average molecular weight is 343 g/mol. The minimum absolute atomic E-state index is 0.0469. The van der Waals surface area contributed by atoms with Gasteiger partial charge in [0, 0.05) is 23.5 Å². The quantitative estimate of drug-likeness (QED) is 0.907. The Morgan fingerprint density at radius 1 is 1.20 bits per heavy atom. The number of hydrogen-bond donors (Lipinski definition) is 1. The Balaban J connectivity index is 2.12. The number of rotatable bonds is 2. The molecule has 9 heteroatoms. The molecule has 2 N–H and O–H groups in total. The van der Waals surface area contributed by atoms with Gasteiger partial charge in [0.05, 0.1) is 0 Å². The minimum atomic E-state index is -3.34. The van der Waals surface area contributed by atoms with E-state index >= 15 is 0 Å². The van der Waals surface area contributed by atoms with Gasteiger partial charge in [-0.25, -0.2) is 0 Å². The van der Waals surface area contributed by atoms with Crippen LogP contribution in [0.25, 0.3) is 5.65 Å². The van der Waals surface area contributed by atoms with E-state index in [1.54, 1.807) is 12.1 Å². The first-order chi connectivity index (χ1) is 9.48.